The summed E-state index contributed by atoms with van der Waals surface area (Å²) in [4.78, 5) is 4.92. The van der Waals surface area contributed by atoms with Crippen LogP contribution in [0.1, 0.15) is 17.5 Å². The minimum atomic E-state index is 0.787. The maximum Gasteiger partial charge on any atom is 0.0640 e. The number of nitrogens with one attached hydrogen (secondary N) is 1. The van der Waals surface area contributed by atoms with Crippen LogP contribution in [-0.2, 0) is 11.3 Å². The van der Waals surface area contributed by atoms with Gasteiger partial charge < -0.3 is 5.73 Å². The fourth-order valence-electron chi connectivity index (χ4n) is 1.75. The van der Waals surface area contributed by atoms with Crippen molar-refractivity contribution in [2.24, 2.45) is 0 Å². The summed E-state index contributed by atoms with van der Waals surface area (Å²) in [7, 11) is 1.61. The minimum absolute atomic E-state index is 0.787. The summed E-state index contributed by atoms with van der Waals surface area (Å²) < 4.78 is 0. The summed E-state index contributed by atoms with van der Waals surface area (Å²) in [6.07, 6.45) is 4.25. The zero-order chi connectivity index (χ0) is 9.97. The predicted octanol–water partition coefficient (Wildman–Crippen LogP) is 1.71. The summed E-state index contributed by atoms with van der Waals surface area (Å²) in [6, 6.07) is 6.00. The van der Waals surface area contributed by atoms with Crippen LogP contribution in [0.5, 0.6) is 0 Å². The molecule has 0 bridgehead atoms. The van der Waals surface area contributed by atoms with Gasteiger partial charge in [-0.2, -0.15) is 0 Å². The normalized spacial score (nSPS) is 14.5. The molecule has 0 fully saturated rings. The minimum Gasteiger partial charge on any atom is -0.399 e. The first kappa shape index (κ1) is 9.09. The highest BCUT2D eigenvalue weighted by Crippen LogP contribution is 2.26. The lowest BCUT2D eigenvalue weighted by Crippen LogP contribution is -2.14. The molecule has 0 aromatic heterocycles. The number of hydrogen-bond acceptors (Lipinski definition) is 3. The molecule has 2 rings (SSSR count). The Hall–Kier alpha value is -1.48. The van der Waals surface area contributed by atoms with Gasteiger partial charge in [0.15, 0.2) is 0 Å². The molecule has 0 atom stereocenters. The fourth-order valence-corrected chi connectivity index (χ4v) is 1.75. The highest BCUT2D eigenvalue weighted by Gasteiger charge is 2.12. The first-order valence-electron chi connectivity index (χ1n) is 4.69. The second kappa shape index (κ2) is 3.72. The number of nitrogens with two attached hydrogens (primary N) is 1. The number of nitrogen functional groups attached to an aromatic ring is 1. The van der Waals surface area contributed by atoms with E-state index in [0.717, 1.165) is 29.8 Å². The molecule has 3 heteroatoms. The molecular weight excluding hydrogens is 176 g/mol. The molecule has 1 aromatic rings. The number of benzene rings is 1. The van der Waals surface area contributed by atoms with Crippen molar-refractivity contribution in [1.82, 2.24) is 5.48 Å². The average Bonchev–Trinajstić information content (AvgIpc) is 2.19. The number of aryl methyl sites for hydroxylation is 1. The van der Waals surface area contributed by atoms with Crippen LogP contribution < -0.4 is 11.2 Å². The van der Waals surface area contributed by atoms with E-state index in [1.807, 2.05) is 12.1 Å². The van der Waals surface area contributed by atoms with Gasteiger partial charge in [-0.1, -0.05) is 12.1 Å². The van der Waals surface area contributed by atoms with E-state index < -0.39 is 0 Å². The standard InChI is InChI=1S/C11H14N2O/c1-14-13-11-4-2-3-8-5-6-9(12)7-10(8)11/h4-7,13H,2-3,12H2,1H3. The Bertz CT molecular complexity index is 372. The largest absolute Gasteiger partial charge is 0.399 e. The van der Waals surface area contributed by atoms with Crippen LogP contribution in [0.3, 0.4) is 0 Å². The SMILES string of the molecule is CONC1=CCCc2ccc(N)cc21. The van der Waals surface area contributed by atoms with Crippen LogP contribution in [0.2, 0.25) is 0 Å². The van der Waals surface area contributed by atoms with Gasteiger partial charge in [0.1, 0.15) is 0 Å². The molecule has 0 unspecified atom stereocenters. The summed E-state index contributed by atoms with van der Waals surface area (Å²) in [6.45, 7) is 0. The van der Waals surface area contributed by atoms with Gasteiger partial charge in [0.2, 0.25) is 0 Å². The molecular formula is C11H14N2O. The lowest BCUT2D eigenvalue weighted by atomic mass is 9.94. The second-order valence-corrected chi connectivity index (χ2v) is 3.38. The van der Waals surface area contributed by atoms with Gasteiger partial charge in [-0.05, 0) is 30.5 Å². The summed E-state index contributed by atoms with van der Waals surface area (Å²) in [5, 5.41) is 0. The quantitative estimate of drug-likeness (QED) is 0.551. The predicted molar refractivity (Wildman–Crippen MR) is 57.3 cm³/mol. The molecule has 1 aromatic carbocycles. The van der Waals surface area contributed by atoms with Crippen molar-refractivity contribution in [2.45, 2.75) is 12.8 Å². The van der Waals surface area contributed by atoms with Gasteiger partial charge in [0, 0.05) is 11.3 Å². The van der Waals surface area contributed by atoms with Crippen molar-refractivity contribution in [1.29, 1.82) is 0 Å². The van der Waals surface area contributed by atoms with E-state index in [2.05, 4.69) is 17.6 Å². The van der Waals surface area contributed by atoms with Crippen LogP contribution in [0.15, 0.2) is 24.3 Å². The van der Waals surface area contributed by atoms with E-state index in [0.29, 0.717) is 0 Å². The number of rotatable bonds is 2. The zero-order valence-corrected chi connectivity index (χ0v) is 8.21. The molecule has 1 aliphatic carbocycles. The first-order valence-corrected chi connectivity index (χ1v) is 4.69. The van der Waals surface area contributed by atoms with Crippen molar-refractivity contribution < 1.29 is 4.84 Å². The summed E-state index contributed by atoms with van der Waals surface area (Å²) in [5.74, 6) is 0. The molecule has 3 N–H and O–H groups in total. The van der Waals surface area contributed by atoms with Crippen LogP contribution in [-0.4, -0.2) is 7.11 Å². The Morgan fingerprint density at radius 2 is 2.29 bits per heavy atom. The molecule has 0 aliphatic heterocycles. The first-order chi connectivity index (χ1) is 6.81. The smallest absolute Gasteiger partial charge is 0.0640 e. The topological polar surface area (TPSA) is 47.3 Å². The third kappa shape index (κ3) is 1.59. The van der Waals surface area contributed by atoms with Gasteiger partial charge in [-0.25, -0.2) is 0 Å². The fraction of sp³-hybridized carbons (Fsp3) is 0.273. The highest BCUT2D eigenvalue weighted by molar-refractivity contribution is 5.70. The Kier molecular flexibility index (Phi) is 2.41. The molecule has 0 saturated heterocycles. The lowest BCUT2D eigenvalue weighted by Gasteiger charge is -2.18. The molecule has 0 spiro atoms. The zero-order valence-electron chi connectivity index (χ0n) is 8.21. The van der Waals surface area contributed by atoms with E-state index in [4.69, 9.17) is 10.6 Å². The third-order valence-corrected chi connectivity index (χ3v) is 2.40. The Balaban J connectivity index is 2.40. The lowest BCUT2D eigenvalue weighted by molar-refractivity contribution is 0.136. The summed E-state index contributed by atoms with van der Waals surface area (Å²) >= 11 is 0. The number of allylic oxidation sites excluding steroid dienone is 1. The Labute approximate surface area is 83.5 Å². The van der Waals surface area contributed by atoms with Crippen LogP contribution in [0.25, 0.3) is 5.70 Å². The van der Waals surface area contributed by atoms with Gasteiger partial charge in [-0.3, -0.25) is 10.3 Å². The molecule has 3 nitrogen and oxygen atoms in total. The number of anilines is 1. The Morgan fingerprint density at radius 3 is 3.07 bits per heavy atom. The van der Waals surface area contributed by atoms with Crippen molar-refractivity contribution in [2.75, 3.05) is 12.8 Å². The molecule has 74 valence electrons. The molecule has 14 heavy (non-hydrogen) atoms. The van der Waals surface area contributed by atoms with Gasteiger partial charge >= 0.3 is 0 Å². The second-order valence-electron chi connectivity index (χ2n) is 3.38. The van der Waals surface area contributed by atoms with E-state index in [9.17, 15) is 0 Å². The number of fused-ring (bicyclic) bond motifs is 1. The van der Waals surface area contributed by atoms with Crippen LogP contribution >= 0.6 is 0 Å². The van der Waals surface area contributed by atoms with Gasteiger partial charge in [0.05, 0.1) is 12.8 Å². The van der Waals surface area contributed by atoms with Crippen molar-refractivity contribution in [3.63, 3.8) is 0 Å². The highest BCUT2D eigenvalue weighted by atomic mass is 16.6. The summed E-state index contributed by atoms with van der Waals surface area (Å²) in [5.41, 5.74) is 12.9. The van der Waals surface area contributed by atoms with E-state index in [-0.39, 0.29) is 0 Å². The monoisotopic (exact) mass is 190 g/mol. The van der Waals surface area contributed by atoms with Crippen LogP contribution in [0, 0.1) is 0 Å². The Morgan fingerprint density at radius 1 is 1.43 bits per heavy atom. The van der Waals surface area contributed by atoms with Crippen molar-refractivity contribution >= 4 is 11.4 Å². The maximum absolute atomic E-state index is 5.74. The van der Waals surface area contributed by atoms with Crippen molar-refractivity contribution in [3.05, 3.63) is 35.4 Å². The number of hydroxylamine groups is 1. The van der Waals surface area contributed by atoms with Gasteiger partial charge in [0.25, 0.3) is 0 Å². The molecule has 0 saturated carbocycles. The average molecular weight is 190 g/mol. The molecule has 1 aliphatic rings. The molecule has 0 radical (unpaired) electrons. The van der Waals surface area contributed by atoms with E-state index in [1.54, 1.807) is 7.11 Å². The third-order valence-electron chi connectivity index (χ3n) is 2.40. The van der Waals surface area contributed by atoms with Gasteiger partial charge in [-0.15, -0.1) is 0 Å². The van der Waals surface area contributed by atoms with E-state index >= 15 is 0 Å². The van der Waals surface area contributed by atoms with Crippen molar-refractivity contribution in [3.8, 4) is 0 Å². The maximum atomic E-state index is 5.74. The van der Waals surface area contributed by atoms with E-state index in [1.165, 1.54) is 5.56 Å². The molecule has 0 heterocycles. The number of hydrogen-bond donors (Lipinski definition) is 2. The molecule has 0 amide bonds. The van der Waals surface area contributed by atoms with Crippen LogP contribution in [0.4, 0.5) is 5.69 Å².